The molecule has 120 valence electrons. The van der Waals surface area contributed by atoms with Crippen LogP contribution in [0.25, 0.3) is 0 Å². The number of hydrogen-bond acceptors (Lipinski definition) is 2. The van der Waals surface area contributed by atoms with Crippen molar-refractivity contribution in [2.24, 2.45) is 0 Å². The highest BCUT2D eigenvalue weighted by Crippen LogP contribution is 2.32. The summed E-state index contributed by atoms with van der Waals surface area (Å²) in [4.78, 5) is 6.99. The molecule has 1 heterocycles. The summed E-state index contributed by atoms with van der Waals surface area (Å²) >= 11 is 0. The number of aromatic amines is 1. The summed E-state index contributed by atoms with van der Waals surface area (Å²) in [6.07, 6.45) is 0.986. The molecule has 0 amide bonds. The van der Waals surface area contributed by atoms with E-state index < -0.39 is 11.7 Å². The Balaban J connectivity index is 1.90. The van der Waals surface area contributed by atoms with Crippen LogP contribution in [0.2, 0.25) is 0 Å². The number of H-pyrrole nitrogens is 1. The van der Waals surface area contributed by atoms with Crippen molar-refractivity contribution >= 4 is 0 Å². The molecule has 0 fully saturated rings. The maximum absolute atomic E-state index is 12.7. The highest BCUT2D eigenvalue weighted by Gasteiger charge is 2.30. The number of ether oxygens (including phenoxy) is 1. The van der Waals surface area contributed by atoms with Gasteiger partial charge in [0.1, 0.15) is 0 Å². The Kier molecular flexibility index (Phi) is 5.60. The molecule has 0 radical (unpaired) electrons. The standard InChI is InChI=1S/C16H19F3N2O/c1-2-15(22-8-4-7-14-10-20-11-21-14)12-5-3-6-13(9-12)16(17,18)19/h3,5-6,9-11,15H,2,4,7-8H2,1H3,(H,20,21). The van der Waals surface area contributed by atoms with Gasteiger partial charge in [0.2, 0.25) is 0 Å². The molecule has 0 bridgehead atoms. The molecule has 2 aromatic rings. The number of nitrogens with one attached hydrogen (secondary N) is 1. The van der Waals surface area contributed by atoms with Gasteiger partial charge in [-0.25, -0.2) is 4.98 Å². The zero-order valence-electron chi connectivity index (χ0n) is 12.4. The second kappa shape index (κ2) is 7.45. The van der Waals surface area contributed by atoms with Crippen molar-refractivity contribution in [2.45, 2.75) is 38.5 Å². The molecular formula is C16H19F3N2O. The Hall–Kier alpha value is -1.82. The maximum Gasteiger partial charge on any atom is 0.416 e. The molecule has 2 rings (SSSR count). The van der Waals surface area contributed by atoms with Crippen LogP contribution in [0.4, 0.5) is 13.2 Å². The number of nitrogens with zero attached hydrogens (tertiary/aromatic N) is 1. The average molecular weight is 312 g/mol. The van der Waals surface area contributed by atoms with E-state index in [4.69, 9.17) is 4.74 Å². The van der Waals surface area contributed by atoms with E-state index in [2.05, 4.69) is 9.97 Å². The fourth-order valence-corrected chi connectivity index (χ4v) is 2.27. The highest BCUT2D eigenvalue weighted by molar-refractivity contribution is 5.27. The van der Waals surface area contributed by atoms with E-state index in [-0.39, 0.29) is 6.10 Å². The zero-order chi connectivity index (χ0) is 16.0. The fraction of sp³-hybridized carbons (Fsp3) is 0.438. The van der Waals surface area contributed by atoms with E-state index in [1.165, 1.54) is 12.1 Å². The number of halogens is 3. The first-order valence-electron chi connectivity index (χ1n) is 7.27. The van der Waals surface area contributed by atoms with E-state index in [9.17, 15) is 13.2 Å². The van der Waals surface area contributed by atoms with Crippen LogP contribution in [-0.4, -0.2) is 16.6 Å². The summed E-state index contributed by atoms with van der Waals surface area (Å²) in [7, 11) is 0. The summed E-state index contributed by atoms with van der Waals surface area (Å²) in [5, 5.41) is 0. The van der Waals surface area contributed by atoms with Gasteiger partial charge in [0.15, 0.2) is 0 Å². The number of aromatic nitrogens is 2. The SMILES string of the molecule is CCC(OCCCc1c[nH]cn1)c1cccc(C(F)(F)F)c1. The van der Waals surface area contributed by atoms with Crippen molar-refractivity contribution in [3.05, 3.63) is 53.6 Å². The van der Waals surface area contributed by atoms with Gasteiger partial charge in [-0.05, 0) is 37.0 Å². The quantitative estimate of drug-likeness (QED) is 0.763. The third-order valence-corrected chi connectivity index (χ3v) is 3.41. The van der Waals surface area contributed by atoms with Gasteiger partial charge in [-0.2, -0.15) is 13.2 Å². The third-order valence-electron chi connectivity index (χ3n) is 3.41. The molecule has 0 spiro atoms. The van der Waals surface area contributed by atoms with Crippen molar-refractivity contribution in [1.29, 1.82) is 0 Å². The summed E-state index contributed by atoms with van der Waals surface area (Å²) in [6.45, 7) is 2.39. The van der Waals surface area contributed by atoms with Crippen LogP contribution < -0.4 is 0 Å². The van der Waals surface area contributed by atoms with Crippen molar-refractivity contribution in [3.63, 3.8) is 0 Å². The van der Waals surface area contributed by atoms with Gasteiger partial charge in [0, 0.05) is 12.8 Å². The Bertz CT molecular complexity index is 567. The van der Waals surface area contributed by atoms with E-state index in [1.54, 1.807) is 12.4 Å². The molecule has 0 aliphatic rings. The highest BCUT2D eigenvalue weighted by atomic mass is 19.4. The third kappa shape index (κ3) is 4.59. The van der Waals surface area contributed by atoms with E-state index >= 15 is 0 Å². The molecule has 0 saturated carbocycles. The van der Waals surface area contributed by atoms with Crippen LogP contribution in [0.3, 0.4) is 0 Å². The molecule has 0 aliphatic carbocycles. The van der Waals surface area contributed by atoms with Crippen LogP contribution in [0.15, 0.2) is 36.8 Å². The summed E-state index contributed by atoms with van der Waals surface area (Å²) in [5.74, 6) is 0. The van der Waals surface area contributed by atoms with Gasteiger partial charge in [-0.1, -0.05) is 19.1 Å². The number of benzene rings is 1. The Morgan fingerprint density at radius 1 is 1.32 bits per heavy atom. The molecular weight excluding hydrogens is 293 g/mol. The van der Waals surface area contributed by atoms with Crippen molar-refractivity contribution < 1.29 is 17.9 Å². The van der Waals surface area contributed by atoms with Gasteiger partial charge >= 0.3 is 6.18 Å². The van der Waals surface area contributed by atoms with Gasteiger partial charge in [-0.3, -0.25) is 0 Å². The first-order chi connectivity index (χ1) is 10.5. The lowest BCUT2D eigenvalue weighted by atomic mass is 10.0. The summed E-state index contributed by atoms with van der Waals surface area (Å²) in [6, 6.07) is 5.35. The summed E-state index contributed by atoms with van der Waals surface area (Å²) < 4.78 is 44.0. The number of rotatable bonds is 7. The molecule has 22 heavy (non-hydrogen) atoms. The van der Waals surface area contributed by atoms with Crippen LogP contribution in [0.1, 0.15) is 42.7 Å². The minimum atomic E-state index is -4.33. The van der Waals surface area contributed by atoms with Gasteiger partial charge in [0.05, 0.1) is 23.7 Å². The summed E-state index contributed by atoms with van der Waals surface area (Å²) in [5.41, 5.74) is 0.886. The van der Waals surface area contributed by atoms with Crippen LogP contribution >= 0.6 is 0 Å². The number of alkyl halides is 3. The predicted octanol–water partition coefficient (Wildman–Crippen LogP) is 4.53. The largest absolute Gasteiger partial charge is 0.416 e. The van der Waals surface area contributed by atoms with Crippen molar-refractivity contribution in [3.8, 4) is 0 Å². The first-order valence-corrected chi connectivity index (χ1v) is 7.27. The molecule has 1 unspecified atom stereocenters. The van der Waals surface area contributed by atoms with Gasteiger partial charge in [0.25, 0.3) is 0 Å². The fourth-order valence-electron chi connectivity index (χ4n) is 2.27. The Morgan fingerprint density at radius 3 is 2.77 bits per heavy atom. The van der Waals surface area contributed by atoms with Crippen LogP contribution in [-0.2, 0) is 17.3 Å². The van der Waals surface area contributed by atoms with E-state index in [0.29, 0.717) is 18.6 Å². The van der Waals surface area contributed by atoms with Crippen molar-refractivity contribution in [2.75, 3.05) is 6.61 Å². The molecule has 1 atom stereocenters. The number of hydrogen-bond donors (Lipinski definition) is 1. The monoisotopic (exact) mass is 312 g/mol. The molecule has 3 nitrogen and oxygen atoms in total. The minimum Gasteiger partial charge on any atom is -0.374 e. The topological polar surface area (TPSA) is 37.9 Å². The second-order valence-corrected chi connectivity index (χ2v) is 5.05. The molecule has 0 aliphatic heterocycles. The zero-order valence-corrected chi connectivity index (χ0v) is 12.4. The lowest BCUT2D eigenvalue weighted by Crippen LogP contribution is -2.09. The average Bonchev–Trinajstić information content (AvgIpc) is 3.00. The smallest absolute Gasteiger partial charge is 0.374 e. The maximum atomic E-state index is 12.7. The molecule has 1 aromatic heterocycles. The number of imidazole rings is 1. The Morgan fingerprint density at radius 2 is 2.14 bits per heavy atom. The second-order valence-electron chi connectivity index (χ2n) is 5.05. The van der Waals surface area contributed by atoms with Gasteiger partial charge in [-0.15, -0.1) is 0 Å². The van der Waals surface area contributed by atoms with Gasteiger partial charge < -0.3 is 9.72 Å². The number of aryl methyl sites for hydroxylation is 1. The van der Waals surface area contributed by atoms with Crippen molar-refractivity contribution in [1.82, 2.24) is 9.97 Å². The van der Waals surface area contributed by atoms with E-state index in [1.807, 2.05) is 13.1 Å². The van der Waals surface area contributed by atoms with E-state index in [0.717, 1.165) is 24.6 Å². The minimum absolute atomic E-state index is 0.318. The first kappa shape index (κ1) is 16.5. The molecule has 6 heteroatoms. The molecule has 0 saturated heterocycles. The van der Waals surface area contributed by atoms with Crippen LogP contribution in [0.5, 0.6) is 0 Å². The molecule has 1 aromatic carbocycles. The predicted molar refractivity (Wildman–Crippen MR) is 77.3 cm³/mol. The van der Waals surface area contributed by atoms with Crippen LogP contribution in [0, 0.1) is 0 Å². The normalized spacial score (nSPS) is 13.3. The molecule has 1 N–H and O–H groups in total. The lowest BCUT2D eigenvalue weighted by molar-refractivity contribution is -0.137. The lowest BCUT2D eigenvalue weighted by Gasteiger charge is -2.18. The Labute approximate surface area is 127 Å².